The van der Waals surface area contributed by atoms with Crippen LogP contribution in [0, 0.1) is 5.82 Å². The van der Waals surface area contributed by atoms with Gasteiger partial charge in [-0.1, -0.05) is 26.8 Å². The Kier molecular flexibility index (Phi) is 4.72. The fraction of sp³-hybridized carbons (Fsp3) is 0.435. The molecule has 0 saturated carbocycles. The molecule has 0 atom stereocenters. The van der Waals surface area contributed by atoms with Gasteiger partial charge < -0.3 is 13.9 Å². The van der Waals surface area contributed by atoms with E-state index in [9.17, 15) is 4.79 Å². The lowest BCUT2D eigenvalue weighted by Crippen LogP contribution is -2.40. The van der Waals surface area contributed by atoms with Crippen molar-refractivity contribution in [1.29, 1.82) is 0 Å². The van der Waals surface area contributed by atoms with Gasteiger partial charge in [-0.15, -0.1) is 0 Å². The van der Waals surface area contributed by atoms with Crippen LogP contribution in [0.5, 0.6) is 5.75 Å². The minimum atomic E-state index is -2.12. The summed E-state index contributed by atoms with van der Waals surface area (Å²) in [5.41, 5.74) is 2.10. The van der Waals surface area contributed by atoms with Crippen molar-refractivity contribution in [3.05, 3.63) is 51.4 Å². The van der Waals surface area contributed by atoms with E-state index in [-0.39, 0.29) is 17.5 Å². The number of carbonyl (C=O) groups excluding carboxylic acids is 1. The van der Waals surface area contributed by atoms with Crippen LogP contribution in [0.1, 0.15) is 32.8 Å². The first-order valence-corrected chi connectivity index (χ1v) is 12.9. The molecule has 0 unspecified atom stereocenters. The molecule has 0 N–H and O–H groups in total. The zero-order valence-electron chi connectivity index (χ0n) is 17.6. The molecule has 4 rings (SSSR count). The van der Waals surface area contributed by atoms with E-state index in [1.165, 1.54) is 12.1 Å². The molecule has 0 fully saturated rings. The molecule has 0 amide bonds. The Bertz CT molecular complexity index is 1070. The van der Waals surface area contributed by atoms with E-state index in [2.05, 4.69) is 33.9 Å². The fourth-order valence-corrected chi connectivity index (χ4v) is 4.76. The van der Waals surface area contributed by atoms with Crippen LogP contribution in [-0.2, 0) is 20.4 Å². The lowest BCUT2D eigenvalue weighted by atomic mass is 9.98. The molecule has 2 heterocycles. The van der Waals surface area contributed by atoms with Crippen LogP contribution in [-0.4, -0.2) is 27.5 Å². The van der Waals surface area contributed by atoms with E-state index in [4.69, 9.17) is 13.9 Å². The zero-order valence-corrected chi connectivity index (χ0v) is 18.6. The topological polar surface area (TPSA) is 44.8 Å². The monoisotopic (exact) mass is 414 g/mol. The van der Waals surface area contributed by atoms with Crippen molar-refractivity contribution >= 4 is 25.9 Å². The first kappa shape index (κ1) is 20.0. The van der Waals surface area contributed by atoms with Gasteiger partial charge in [-0.3, -0.25) is 0 Å². The van der Waals surface area contributed by atoms with Crippen LogP contribution in [0.4, 0.5) is 4.39 Å². The largest absolute Gasteiger partial charge is 0.546 e. The van der Waals surface area contributed by atoms with Crippen molar-refractivity contribution in [2.75, 3.05) is 13.2 Å². The molecule has 0 bridgehead atoms. The number of halogens is 1. The summed E-state index contributed by atoms with van der Waals surface area (Å²) in [4.78, 5) is 11.9. The summed E-state index contributed by atoms with van der Waals surface area (Å²) >= 11 is 0. The molecule has 154 valence electrons. The quantitative estimate of drug-likeness (QED) is 0.549. The number of fused-ring (bicyclic) bond motifs is 4. The number of hydrogen-bond donors (Lipinski definition) is 0. The van der Waals surface area contributed by atoms with Crippen molar-refractivity contribution in [3.8, 4) is 5.75 Å². The fourth-order valence-electron chi connectivity index (χ4n) is 3.67. The highest BCUT2D eigenvalue weighted by Gasteiger charge is 2.40. The predicted octanol–water partition coefficient (Wildman–Crippen LogP) is 3.48. The molecule has 0 radical (unpaired) electrons. The second kappa shape index (κ2) is 6.87. The standard InChI is InChI=1S/C23H27FO4Si/c1-23(2,3)29(4,5)28-16-9-15-11-20(25)27-13-18(15)21-17(12-16)22-14(10-19(21)24)7-6-8-26-22/h7,9-11H,6,8,12-13H2,1-5H3. The maximum atomic E-state index is 15.2. The van der Waals surface area contributed by atoms with Crippen molar-refractivity contribution < 1.29 is 23.1 Å². The maximum absolute atomic E-state index is 15.2. The van der Waals surface area contributed by atoms with E-state index >= 15 is 4.39 Å². The number of cyclic esters (lactones) is 1. The Morgan fingerprint density at radius 1 is 1.17 bits per heavy atom. The van der Waals surface area contributed by atoms with Gasteiger partial charge in [0, 0.05) is 40.5 Å². The van der Waals surface area contributed by atoms with Gasteiger partial charge in [-0.05, 0) is 35.8 Å². The highest BCUT2D eigenvalue weighted by atomic mass is 28.4. The van der Waals surface area contributed by atoms with Crippen LogP contribution in [0.15, 0.2) is 29.6 Å². The lowest BCUT2D eigenvalue weighted by molar-refractivity contribution is -0.136. The third-order valence-corrected chi connectivity index (χ3v) is 10.6. The smallest absolute Gasteiger partial charge is 0.331 e. The van der Waals surface area contributed by atoms with E-state index in [1.807, 2.05) is 12.2 Å². The minimum Gasteiger partial charge on any atom is -0.546 e. The van der Waals surface area contributed by atoms with Crippen LogP contribution in [0.2, 0.25) is 18.1 Å². The summed E-state index contributed by atoms with van der Waals surface area (Å²) in [7, 11) is -2.12. The van der Waals surface area contributed by atoms with Gasteiger partial charge in [-0.25, -0.2) is 9.18 Å². The Hall–Kier alpha value is -2.34. The average molecular weight is 415 g/mol. The summed E-state index contributed by atoms with van der Waals surface area (Å²) in [6.07, 6.45) is 6.50. The zero-order chi connectivity index (χ0) is 21.0. The van der Waals surface area contributed by atoms with Gasteiger partial charge in [0.1, 0.15) is 18.2 Å². The number of ether oxygens (including phenoxy) is 2. The number of hydrogen-bond acceptors (Lipinski definition) is 4. The Morgan fingerprint density at radius 3 is 2.66 bits per heavy atom. The summed E-state index contributed by atoms with van der Waals surface area (Å²) in [6, 6.07) is 1.52. The first-order chi connectivity index (χ1) is 13.6. The molecular weight excluding hydrogens is 387 g/mol. The molecule has 3 aliphatic rings. The second-order valence-corrected chi connectivity index (χ2v) is 14.0. The maximum Gasteiger partial charge on any atom is 0.331 e. The number of benzene rings is 1. The highest BCUT2D eigenvalue weighted by molar-refractivity contribution is 6.74. The van der Waals surface area contributed by atoms with E-state index < -0.39 is 14.3 Å². The molecule has 4 nitrogen and oxygen atoms in total. The van der Waals surface area contributed by atoms with Crippen LogP contribution in [0.3, 0.4) is 0 Å². The van der Waals surface area contributed by atoms with Crippen LogP contribution < -0.4 is 15.2 Å². The lowest BCUT2D eigenvalue weighted by Gasteiger charge is -2.37. The van der Waals surface area contributed by atoms with E-state index in [0.29, 0.717) is 35.1 Å². The number of esters is 1. The second-order valence-electron chi connectivity index (χ2n) is 9.31. The molecular formula is C23H27FO4Si. The molecule has 1 aromatic carbocycles. The van der Waals surface area contributed by atoms with E-state index in [1.54, 1.807) is 0 Å². The number of allylic oxidation sites excluding steroid dienone is 2. The van der Waals surface area contributed by atoms with Gasteiger partial charge in [-0.2, -0.15) is 0 Å². The minimum absolute atomic E-state index is 0.0149. The normalized spacial score (nSPS) is 18.7. The van der Waals surface area contributed by atoms with E-state index in [0.717, 1.165) is 23.0 Å². The molecule has 0 aromatic heterocycles. The predicted molar refractivity (Wildman–Crippen MR) is 113 cm³/mol. The van der Waals surface area contributed by atoms with Gasteiger partial charge >= 0.3 is 5.97 Å². The van der Waals surface area contributed by atoms with Crippen LogP contribution >= 0.6 is 0 Å². The number of carbonyl (C=O) groups is 1. The molecule has 1 aromatic rings. The third-order valence-electron chi connectivity index (χ3n) is 6.23. The third kappa shape index (κ3) is 3.54. The van der Waals surface area contributed by atoms with Gasteiger partial charge in [0.15, 0.2) is 0 Å². The summed E-state index contributed by atoms with van der Waals surface area (Å²) in [6.45, 7) is 11.5. The van der Waals surface area contributed by atoms with Gasteiger partial charge in [0.05, 0.1) is 12.4 Å². The first-order valence-electron chi connectivity index (χ1n) is 10.0. The average Bonchev–Trinajstić information content (AvgIpc) is 2.76. The SMILES string of the molecule is CC(C)(C)[Si](C)(C)OC1=CC2=CC(=O)OCC2=c2c(F)cc3c(c2C1)OCCC=3. The molecule has 2 aliphatic heterocycles. The molecule has 0 spiro atoms. The highest BCUT2D eigenvalue weighted by Crippen LogP contribution is 2.39. The molecule has 6 heteroatoms. The number of rotatable bonds is 2. The molecule has 1 aliphatic carbocycles. The van der Waals surface area contributed by atoms with Crippen molar-refractivity contribution in [2.45, 2.75) is 51.7 Å². The summed E-state index contributed by atoms with van der Waals surface area (Å²) in [5, 5.41) is 1.27. The summed E-state index contributed by atoms with van der Waals surface area (Å²) in [5.74, 6) is 0.721. The van der Waals surface area contributed by atoms with Crippen molar-refractivity contribution in [2.24, 2.45) is 0 Å². The van der Waals surface area contributed by atoms with Gasteiger partial charge in [0.25, 0.3) is 0 Å². The van der Waals surface area contributed by atoms with Crippen molar-refractivity contribution in [3.63, 3.8) is 0 Å². The van der Waals surface area contributed by atoms with Crippen LogP contribution in [0.25, 0.3) is 11.6 Å². The Balaban J connectivity index is 1.95. The molecule has 29 heavy (non-hydrogen) atoms. The summed E-state index contributed by atoms with van der Waals surface area (Å²) < 4.78 is 33.0. The Labute approximate surface area is 171 Å². The van der Waals surface area contributed by atoms with Gasteiger partial charge in [0.2, 0.25) is 8.32 Å². The Morgan fingerprint density at radius 2 is 1.93 bits per heavy atom. The molecule has 0 saturated heterocycles. The van der Waals surface area contributed by atoms with Crippen molar-refractivity contribution in [1.82, 2.24) is 0 Å².